The van der Waals surface area contributed by atoms with Crippen LogP contribution in [0.25, 0.3) is 0 Å². The zero-order chi connectivity index (χ0) is 18.8. The van der Waals surface area contributed by atoms with Crippen molar-refractivity contribution in [2.75, 3.05) is 25.1 Å². The Morgan fingerprint density at radius 1 is 1.23 bits per heavy atom. The lowest BCUT2D eigenvalue weighted by atomic mass is 10.1. The number of carbonyl (C=O) groups is 2. The fourth-order valence-corrected chi connectivity index (χ4v) is 3.18. The molecule has 1 aliphatic heterocycles. The van der Waals surface area contributed by atoms with Crippen LogP contribution in [-0.4, -0.2) is 48.1 Å². The summed E-state index contributed by atoms with van der Waals surface area (Å²) in [6, 6.07) is 12.3. The van der Waals surface area contributed by atoms with Crippen LogP contribution in [0.1, 0.15) is 22.8 Å². The summed E-state index contributed by atoms with van der Waals surface area (Å²) in [5.74, 6) is -0.510. The molecule has 1 heterocycles. The largest absolute Gasteiger partial charge is 0.504 e. The first-order chi connectivity index (χ1) is 12.4. The number of hydrogen-bond donors (Lipinski definition) is 1. The Kier molecular flexibility index (Phi) is 4.84. The third kappa shape index (κ3) is 3.22. The van der Waals surface area contributed by atoms with Gasteiger partial charge in [0.15, 0.2) is 11.5 Å². The summed E-state index contributed by atoms with van der Waals surface area (Å²) in [5.41, 5.74) is 2.04. The molecule has 26 heavy (non-hydrogen) atoms. The summed E-state index contributed by atoms with van der Waals surface area (Å²) in [7, 11) is 1.43. The highest BCUT2D eigenvalue weighted by Gasteiger charge is 2.34. The molecule has 136 valence electrons. The van der Waals surface area contributed by atoms with Crippen LogP contribution >= 0.6 is 0 Å². The first-order valence-electron chi connectivity index (χ1n) is 8.46. The Hall–Kier alpha value is -3.02. The van der Waals surface area contributed by atoms with E-state index in [-0.39, 0.29) is 41.5 Å². The van der Waals surface area contributed by atoms with Crippen LogP contribution in [0, 0.1) is 6.92 Å². The van der Waals surface area contributed by atoms with E-state index in [0.717, 1.165) is 11.3 Å². The molecule has 0 aromatic heterocycles. The van der Waals surface area contributed by atoms with E-state index in [1.54, 1.807) is 17.0 Å². The third-order valence-corrected chi connectivity index (χ3v) is 4.61. The van der Waals surface area contributed by atoms with Crippen LogP contribution in [0.15, 0.2) is 42.5 Å². The van der Waals surface area contributed by atoms with E-state index >= 15 is 0 Å². The summed E-state index contributed by atoms with van der Waals surface area (Å²) in [5, 5.41) is 10.2. The van der Waals surface area contributed by atoms with Gasteiger partial charge in [-0.2, -0.15) is 0 Å². The van der Waals surface area contributed by atoms with Crippen molar-refractivity contribution < 1.29 is 19.4 Å². The summed E-state index contributed by atoms with van der Waals surface area (Å²) < 4.78 is 5.06. The molecular weight excluding hydrogens is 332 g/mol. The molecule has 0 spiro atoms. The molecule has 1 aliphatic rings. The van der Waals surface area contributed by atoms with Crippen LogP contribution in [0.4, 0.5) is 5.69 Å². The first kappa shape index (κ1) is 17.8. The van der Waals surface area contributed by atoms with Crippen molar-refractivity contribution in [2.24, 2.45) is 0 Å². The van der Waals surface area contributed by atoms with Crippen molar-refractivity contribution >= 4 is 17.5 Å². The van der Waals surface area contributed by atoms with E-state index in [0.29, 0.717) is 6.54 Å². The minimum atomic E-state index is -0.383. The van der Waals surface area contributed by atoms with Crippen molar-refractivity contribution in [1.29, 1.82) is 0 Å². The lowest BCUT2D eigenvalue weighted by Gasteiger charge is -2.39. The standard InChI is InChI=1S/C20H22N2O4/c1-13-6-4-7-15(10-13)22-11-14(2)21(12-18(22)23)20(25)16-8-5-9-17(26-3)19(16)24/h4-10,14,24H,11-12H2,1-3H3/t14-/m1/s1. The molecule has 0 bridgehead atoms. The Balaban J connectivity index is 1.84. The van der Waals surface area contributed by atoms with E-state index in [2.05, 4.69) is 0 Å². The predicted octanol–water partition coefficient (Wildman–Crippen LogP) is 2.59. The zero-order valence-electron chi connectivity index (χ0n) is 15.1. The minimum Gasteiger partial charge on any atom is -0.504 e. The van der Waals surface area contributed by atoms with Gasteiger partial charge in [-0.3, -0.25) is 9.59 Å². The average molecular weight is 354 g/mol. The van der Waals surface area contributed by atoms with Crippen molar-refractivity contribution in [2.45, 2.75) is 19.9 Å². The number of ether oxygens (including phenoxy) is 1. The molecule has 0 saturated carbocycles. The topological polar surface area (TPSA) is 70.1 Å². The first-order valence-corrected chi connectivity index (χ1v) is 8.46. The minimum absolute atomic E-state index is 0.0371. The SMILES string of the molecule is COc1cccc(C(=O)N2CC(=O)N(c3cccc(C)c3)C[C@H]2C)c1O. The van der Waals surface area contributed by atoms with Crippen molar-refractivity contribution in [3.63, 3.8) is 0 Å². The monoisotopic (exact) mass is 354 g/mol. The number of aryl methyl sites for hydroxylation is 1. The molecule has 1 atom stereocenters. The average Bonchev–Trinajstić information content (AvgIpc) is 2.63. The molecule has 1 saturated heterocycles. The van der Waals surface area contributed by atoms with Crippen LogP contribution in [-0.2, 0) is 4.79 Å². The molecular formula is C20H22N2O4. The number of para-hydroxylation sites is 1. The normalized spacial score (nSPS) is 17.3. The smallest absolute Gasteiger partial charge is 0.258 e. The highest BCUT2D eigenvalue weighted by molar-refractivity contribution is 6.03. The number of nitrogens with zero attached hydrogens (tertiary/aromatic N) is 2. The number of anilines is 1. The van der Waals surface area contributed by atoms with Crippen molar-refractivity contribution in [1.82, 2.24) is 4.90 Å². The number of amides is 2. The number of carbonyl (C=O) groups excluding carboxylic acids is 2. The van der Waals surface area contributed by atoms with Gasteiger partial charge in [0, 0.05) is 18.3 Å². The van der Waals surface area contributed by atoms with Gasteiger partial charge in [0.2, 0.25) is 5.91 Å². The molecule has 2 amide bonds. The summed E-state index contributed by atoms with van der Waals surface area (Å²) in [6.45, 7) is 4.23. The molecule has 0 unspecified atom stereocenters. The van der Waals surface area contributed by atoms with Gasteiger partial charge in [0.25, 0.3) is 5.91 Å². The van der Waals surface area contributed by atoms with E-state index < -0.39 is 0 Å². The molecule has 1 fully saturated rings. The van der Waals surface area contributed by atoms with E-state index in [4.69, 9.17) is 4.74 Å². The number of benzene rings is 2. The molecule has 0 aliphatic carbocycles. The number of phenolic OH excluding ortho intramolecular Hbond substituents is 1. The van der Waals surface area contributed by atoms with Gasteiger partial charge in [-0.1, -0.05) is 18.2 Å². The van der Waals surface area contributed by atoms with Crippen LogP contribution in [0.5, 0.6) is 11.5 Å². The number of rotatable bonds is 3. The van der Waals surface area contributed by atoms with Crippen molar-refractivity contribution in [3.8, 4) is 11.5 Å². The Labute approximate surface area is 152 Å². The van der Waals surface area contributed by atoms with Crippen molar-refractivity contribution in [3.05, 3.63) is 53.6 Å². The second kappa shape index (κ2) is 7.07. The van der Waals surface area contributed by atoms with Gasteiger partial charge >= 0.3 is 0 Å². The highest BCUT2D eigenvalue weighted by atomic mass is 16.5. The molecule has 2 aromatic rings. The van der Waals surface area contributed by atoms with Crippen LogP contribution in [0.2, 0.25) is 0 Å². The molecule has 1 N–H and O–H groups in total. The fraction of sp³-hybridized carbons (Fsp3) is 0.300. The number of hydrogen-bond acceptors (Lipinski definition) is 4. The Morgan fingerprint density at radius 2 is 1.96 bits per heavy atom. The van der Waals surface area contributed by atoms with Gasteiger partial charge in [0.05, 0.1) is 12.7 Å². The summed E-state index contributed by atoms with van der Waals surface area (Å²) in [4.78, 5) is 28.7. The molecule has 6 nitrogen and oxygen atoms in total. The van der Waals surface area contributed by atoms with Crippen LogP contribution < -0.4 is 9.64 Å². The number of aromatic hydroxyl groups is 1. The van der Waals surface area contributed by atoms with Gasteiger partial charge in [0.1, 0.15) is 6.54 Å². The lowest BCUT2D eigenvalue weighted by Crippen LogP contribution is -2.57. The fourth-order valence-electron chi connectivity index (χ4n) is 3.18. The van der Waals surface area contributed by atoms with E-state index in [1.807, 2.05) is 38.1 Å². The number of piperazine rings is 1. The van der Waals surface area contributed by atoms with E-state index in [1.165, 1.54) is 18.1 Å². The van der Waals surface area contributed by atoms with Gasteiger partial charge < -0.3 is 19.6 Å². The van der Waals surface area contributed by atoms with Gasteiger partial charge in [-0.05, 0) is 43.7 Å². The summed E-state index contributed by atoms with van der Waals surface area (Å²) >= 11 is 0. The number of phenols is 1. The van der Waals surface area contributed by atoms with Crippen LogP contribution in [0.3, 0.4) is 0 Å². The second-order valence-corrected chi connectivity index (χ2v) is 6.48. The second-order valence-electron chi connectivity index (χ2n) is 6.48. The molecule has 3 rings (SSSR count). The van der Waals surface area contributed by atoms with Gasteiger partial charge in [-0.25, -0.2) is 0 Å². The quantitative estimate of drug-likeness (QED) is 0.920. The maximum atomic E-state index is 12.9. The third-order valence-electron chi connectivity index (χ3n) is 4.61. The van der Waals surface area contributed by atoms with E-state index in [9.17, 15) is 14.7 Å². The predicted molar refractivity (Wildman–Crippen MR) is 98.7 cm³/mol. The Morgan fingerprint density at radius 3 is 2.65 bits per heavy atom. The molecule has 6 heteroatoms. The number of methoxy groups -OCH3 is 1. The molecule has 2 aromatic carbocycles. The molecule has 0 radical (unpaired) electrons. The maximum Gasteiger partial charge on any atom is 0.258 e. The Bertz CT molecular complexity index is 849. The maximum absolute atomic E-state index is 12.9. The summed E-state index contributed by atoms with van der Waals surface area (Å²) in [6.07, 6.45) is 0. The van der Waals surface area contributed by atoms with Gasteiger partial charge in [-0.15, -0.1) is 0 Å². The lowest BCUT2D eigenvalue weighted by molar-refractivity contribution is -0.121. The highest BCUT2D eigenvalue weighted by Crippen LogP contribution is 2.31. The zero-order valence-corrected chi connectivity index (χ0v) is 15.1.